The summed E-state index contributed by atoms with van der Waals surface area (Å²) in [5.74, 6) is -3.98. The molecule has 0 aromatic carbocycles. The van der Waals surface area contributed by atoms with Crippen LogP contribution < -0.4 is 36.7 Å². The van der Waals surface area contributed by atoms with Gasteiger partial charge in [0.25, 0.3) is 23.0 Å². The van der Waals surface area contributed by atoms with E-state index in [1.54, 1.807) is 11.1 Å². The third kappa shape index (κ3) is 4.79. The van der Waals surface area contributed by atoms with E-state index in [0.717, 1.165) is 10.9 Å². The Balaban J connectivity index is 1.28. The summed E-state index contributed by atoms with van der Waals surface area (Å²) in [5, 5.41) is 31.1. The molecule has 1 saturated heterocycles. The topological polar surface area (TPSA) is 310 Å². The van der Waals surface area contributed by atoms with Crippen LogP contribution in [0, 0.1) is 0 Å². The second-order valence-corrected chi connectivity index (χ2v) is 12.2. The molecule has 4 aliphatic rings. The lowest BCUT2D eigenvalue weighted by molar-refractivity contribution is 0.102. The Morgan fingerprint density at radius 1 is 1.16 bits per heavy atom. The minimum absolute atomic E-state index is 0.147. The number of rotatable bonds is 2. The lowest BCUT2D eigenvalue weighted by Crippen LogP contribution is -2.48. The largest absolute Gasteiger partial charge is 0.663 e. The number of furan rings is 1. The van der Waals surface area contributed by atoms with E-state index in [-0.39, 0.29) is 29.7 Å². The van der Waals surface area contributed by atoms with Crippen LogP contribution in [0.3, 0.4) is 0 Å². The number of nitrogens with two attached hydrogens (primary N) is 1. The number of imidazole rings is 1. The maximum atomic E-state index is 12.3. The van der Waals surface area contributed by atoms with Crippen molar-refractivity contribution in [2.45, 2.75) is 18.9 Å². The molecule has 1 unspecified atom stereocenters. The maximum Gasteiger partial charge on any atom is 0.663 e. The number of nitrogens with zero attached hydrogens (tertiary/aromatic N) is 4. The Kier molecular flexibility index (Phi) is 6.51. The quantitative estimate of drug-likeness (QED) is 0.133. The van der Waals surface area contributed by atoms with Gasteiger partial charge in [0.15, 0.2) is 41.7 Å². The molecular formula is C20H23N9O13P2+2. The number of anilines is 2. The molecule has 22 nitrogen and oxygen atoms in total. The molecule has 7 rings (SSSR count). The summed E-state index contributed by atoms with van der Waals surface area (Å²) in [4.78, 5) is 66.6. The number of aromatic nitrogens is 4. The highest BCUT2D eigenvalue weighted by Gasteiger charge is 2.53. The van der Waals surface area contributed by atoms with E-state index in [1.165, 1.54) is 0 Å². The van der Waals surface area contributed by atoms with Crippen molar-refractivity contribution in [3.63, 3.8) is 0 Å². The molecule has 12 N–H and O–H groups in total. The molecule has 24 heteroatoms. The number of nitrogens with one attached hydrogen (secondary N) is 4. The first kappa shape index (κ1) is 28.4. The number of aromatic amines is 1. The Morgan fingerprint density at radius 3 is 2.80 bits per heavy atom. The molecule has 0 amide bonds. The lowest BCUT2D eigenvalue weighted by atomic mass is 10.3. The van der Waals surface area contributed by atoms with Gasteiger partial charge in [0.2, 0.25) is 17.6 Å². The molecule has 0 spiro atoms. The van der Waals surface area contributed by atoms with Crippen LogP contribution in [-0.2, 0) is 24.9 Å². The van der Waals surface area contributed by atoms with Crippen molar-refractivity contribution in [1.29, 1.82) is 0 Å². The minimum Gasteiger partial charge on any atom is -0.500 e. The fourth-order valence-corrected chi connectivity index (χ4v) is 6.14. The average molecular weight is 659 g/mol. The van der Waals surface area contributed by atoms with Gasteiger partial charge in [-0.15, -0.1) is 4.52 Å². The summed E-state index contributed by atoms with van der Waals surface area (Å²) in [6.07, 6.45) is 0.896. The van der Waals surface area contributed by atoms with Crippen molar-refractivity contribution in [2.24, 2.45) is 0 Å². The van der Waals surface area contributed by atoms with E-state index in [1.807, 2.05) is 0 Å². The zero-order valence-electron chi connectivity index (χ0n) is 21.8. The molecule has 3 aromatic rings. The molecule has 2 atom stereocenters. The van der Waals surface area contributed by atoms with Crippen LogP contribution >= 0.6 is 16.3 Å². The predicted octanol–water partition coefficient (Wildman–Crippen LogP) is -1.99. The summed E-state index contributed by atoms with van der Waals surface area (Å²) in [5.41, 5.74) is 5.28. The Morgan fingerprint density at radius 2 is 1.98 bits per heavy atom. The van der Waals surface area contributed by atoms with Crippen molar-refractivity contribution in [1.82, 2.24) is 35.5 Å². The molecule has 0 saturated carbocycles. The fraction of sp³-hybridized carbons (Fsp3) is 0.250. The first-order valence-corrected chi connectivity index (χ1v) is 15.4. The lowest BCUT2D eigenvalue weighted by Gasteiger charge is -2.26. The molecule has 7 heterocycles. The summed E-state index contributed by atoms with van der Waals surface area (Å²) in [6.45, 7) is -0.333. The number of aliphatic hydroxyl groups excluding tert-OH is 1. The van der Waals surface area contributed by atoms with Gasteiger partial charge in [0.05, 0.1) is 19.0 Å². The number of hydrogen-bond donors (Lipinski definition) is 11. The van der Waals surface area contributed by atoms with Crippen LogP contribution in [0.1, 0.15) is 5.76 Å². The number of aliphatic hydroxyl groups is 1. The van der Waals surface area contributed by atoms with Gasteiger partial charge in [-0.2, -0.15) is 24.6 Å². The van der Waals surface area contributed by atoms with E-state index in [9.17, 15) is 34.6 Å². The second-order valence-electron chi connectivity index (χ2n) is 9.37. The van der Waals surface area contributed by atoms with Gasteiger partial charge in [-0.3, -0.25) is 24.1 Å². The predicted molar refractivity (Wildman–Crippen MR) is 145 cm³/mol. The van der Waals surface area contributed by atoms with Gasteiger partial charge in [0, 0.05) is 6.20 Å². The van der Waals surface area contributed by atoms with Crippen molar-refractivity contribution >= 4 is 45.2 Å². The van der Waals surface area contributed by atoms with Gasteiger partial charge in [0.1, 0.15) is 12.5 Å². The molecule has 0 radical (unpaired) electrons. The number of H-pyrrole nitrogens is 1. The molecule has 4 aliphatic heterocycles. The molecule has 3 aromatic heterocycles. The van der Waals surface area contributed by atoms with Gasteiger partial charge in [-0.25, -0.2) is 14.1 Å². The van der Waals surface area contributed by atoms with Gasteiger partial charge < -0.3 is 40.6 Å². The maximum absolute atomic E-state index is 12.3. The van der Waals surface area contributed by atoms with Crippen LogP contribution in [0.15, 0.2) is 45.2 Å². The van der Waals surface area contributed by atoms with Crippen LogP contribution in [0.5, 0.6) is 11.5 Å². The highest BCUT2D eigenvalue weighted by molar-refractivity contribution is 7.55. The summed E-state index contributed by atoms with van der Waals surface area (Å²) in [7, 11) is -9.84. The Hall–Kier alpha value is -4.37. The molecule has 44 heavy (non-hydrogen) atoms. The van der Waals surface area contributed by atoms with Crippen molar-refractivity contribution in [3.05, 3.63) is 52.1 Å². The highest BCUT2D eigenvalue weighted by Crippen LogP contribution is 2.61. The number of nitrogen functional groups attached to an aromatic ring is 1. The molecule has 2 bridgehead atoms. The molecule has 0 aliphatic carbocycles. The standard InChI is InChI=1S/C20H21N9O13P2/c21-20-26-16-10(17(32)27-20)25-6-29(16)19-14-11(30)8(39-19)2-37-43(33,34)41-13-9(3-38-44(35,36)42-14)40-18(12(13)31)28-5-24-7-1-22-4-23-15(7)28/h1-2,6,11,15,22-24,30,33-36H,3-5H2,(H2-2,21,26,27,31,32)/p+2/b8-2+/t11-,15?/m1/s1. The highest BCUT2D eigenvalue weighted by atomic mass is 31.2. The van der Waals surface area contributed by atoms with Crippen molar-refractivity contribution < 1.29 is 57.0 Å². The van der Waals surface area contributed by atoms with Crippen LogP contribution in [0.4, 0.5) is 11.8 Å². The zero-order valence-corrected chi connectivity index (χ0v) is 23.6. The van der Waals surface area contributed by atoms with E-state index >= 15 is 0 Å². The van der Waals surface area contributed by atoms with E-state index in [2.05, 4.69) is 30.9 Å². The number of aromatic hydroxyl groups is 1. The van der Waals surface area contributed by atoms with E-state index in [4.69, 9.17) is 33.0 Å². The Bertz CT molecular complexity index is 1820. The molecule has 234 valence electrons. The summed E-state index contributed by atoms with van der Waals surface area (Å²) < 4.78 is 33.0. The number of hydrogen-bond acceptors (Lipinski definition) is 20. The number of ether oxygens (including phenoxy) is 1. The normalized spacial score (nSPS) is 25.2. The first-order chi connectivity index (χ1) is 20.9. The molecular weight excluding hydrogens is 636 g/mol. The smallest absolute Gasteiger partial charge is 0.500 e. The second kappa shape index (κ2) is 10.1. The van der Waals surface area contributed by atoms with E-state index in [0.29, 0.717) is 18.6 Å². The van der Waals surface area contributed by atoms with Crippen LogP contribution in [0.25, 0.3) is 17.0 Å². The van der Waals surface area contributed by atoms with Gasteiger partial charge in [-0.1, -0.05) is 0 Å². The fourth-order valence-electron chi connectivity index (χ4n) is 4.66. The molecule has 1 fully saturated rings. The van der Waals surface area contributed by atoms with Crippen molar-refractivity contribution in [3.8, 4) is 11.5 Å². The summed E-state index contributed by atoms with van der Waals surface area (Å²) >= 11 is 0. The summed E-state index contributed by atoms with van der Waals surface area (Å²) in [6, 6.07) is 0. The zero-order chi connectivity index (χ0) is 31.0. The monoisotopic (exact) mass is 659 g/mol. The van der Waals surface area contributed by atoms with Crippen LogP contribution in [0.2, 0.25) is 0 Å². The third-order valence-corrected chi connectivity index (χ3v) is 8.25. The number of fused-ring (bicyclic) bond motifs is 5. The third-order valence-electron chi connectivity index (χ3n) is 6.55. The average Bonchev–Trinajstić information content (AvgIpc) is 3.72. The van der Waals surface area contributed by atoms with Gasteiger partial charge >= 0.3 is 16.3 Å². The van der Waals surface area contributed by atoms with Gasteiger partial charge in [-0.05, 0) is 0 Å². The Labute approximate surface area is 244 Å². The first-order valence-electron chi connectivity index (χ1n) is 12.4. The van der Waals surface area contributed by atoms with E-state index < -0.39 is 75.4 Å². The minimum atomic E-state index is -4.93. The van der Waals surface area contributed by atoms with Crippen molar-refractivity contribution in [2.75, 3.05) is 24.0 Å². The van der Waals surface area contributed by atoms with Crippen LogP contribution in [-0.4, -0.2) is 74.9 Å². The SMILES string of the molecule is Nc1nc2c(ncn2C2=C3O[P+](O)(O)OCc4oc(N5CNC6=CNCNC65)c(O)c4O[P+](O)(O)O/C=C(/O2)[C@H]3O)c(=O)[nH]1.